The van der Waals surface area contributed by atoms with Crippen LogP contribution in [-0.4, -0.2) is 18.4 Å². The summed E-state index contributed by atoms with van der Waals surface area (Å²) in [5.74, 6) is -0.619. The third-order valence-electron chi connectivity index (χ3n) is 4.01. The lowest BCUT2D eigenvalue weighted by Gasteiger charge is -2.18. The normalized spacial score (nSPS) is 17.2. The van der Waals surface area contributed by atoms with Crippen LogP contribution in [0.2, 0.25) is 10.0 Å². The number of carbonyl (C=O) groups is 2. The Kier molecular flexibility index (Phi) is 5.07. The number of hydrogen-bond acceptors (Lipinski definition) is 2. The first-order valence-corrected chi connectivity index (χ1v) is 8.37. The molecule has 124 valence electrons. The molecule has 1 aliphatic heterocycles. The van der Waals surface area contributed by atoms with E-state index < -0.39 is 0 Å². The predicted molar refractivity (Wildman–Crippen MR) is 95.2 cm³/mol. The minimum atomic E-state index is -0.382. The zero-order valence-corrected chi connectivity index (χ0v) is 14.3. The first kappa shape index (κ1) is 16.8. The lowest BCUT2D eigenvalue weighted by molar-refractivity contribution is -0.126. The minimum absolute atomic E-state index is 0.112. The SMILES string of the molecule is O=C(NCc1ccccc1)C1CC(=O)N(c2ccc(Cl)cc2Cl)C1. The number of anilines is 1. The zero-order chi connectivity index (χ0) is 17.1. The molecule has 1 saturated heterocycles. The molecule has 3 rings (SSSR count). The molecule has 0 spiro atoms. The molecular formula is C18H16Cl2N2O2. The summed E-state index contributed by atoms with van der Waals surface area (Å²) in [6.45, 7) is 0.771. The van der Waals surface area contributed by atoms with E-state index in [1.54, 1.807) is 23.1 Å². The molecule has 0 aromatic heterocycles. The summed E-state index contributed by atoms with van der Waals surface area (Å²) in [7, 11) is 0. The van der Waals surface area contributed by atoms with Crippen molar-refractivity contribution >= 4 is 40.7 Å². The van der Waals surface area contributed by atoms with Crippen molar-refractivity contribution in [3.8, 4) is 0 Å². The fourth-order valence-electron chi connectivity index (χ4n) is 2.75. The molecule has 0 aliphatic carbocycles. The highest BCUT2D eigenvalue weighted by atomic mass is 35.5. The maximum absolute atomic E-state index is 12.3. The average molecular weight is 363 g/mol. The molecule has 1 heterocycles. The van der Waals surface area contributed by atoms with E-state index in [1.807, 2.05) is 30.3 Å². The molecule has 1 aliphatic rings. The second-order valence-electron chi connectivity index (χ2n) is 5.70. The number of benzene rings is 2. The quantitative estimate of drug-likeness (QED) is 0.901. The molecule has 6 heteroatoms. The molecule has 1 atom stereocenters. The van der Waals surface area contributed by atoms with Gasteiger partial charge in [0.1, 0.15) is 0 Å². The van der Waals surface area contributed by atoms with Crippen LogP contribution >= 0.6 is 23.2 Å². The summed E-state index contributed by atoms with van der Waals surface area (Å²) in [4.78, 5) is 26.1. The van der Waals surface area contributed by atoms with E-state index in [4.69, 9.17) is 23.2 Å². The van der Waals surface area contributed by atoms with Crippen molar-refractivity contribution in [1.29, 1.82) is 0 Å². The largest absolute Gasteiger partial charge is 0.352 e. The predicted octanol–water partition coefficient (Wildman–Crippen LogP) is 3.66. The van der Waals surface area contributed by atoms with Crippen LogP contribution in [0.3, 0.4) is 0 Å². The lowest BCUT2D eigenvalue weighted by atomic mass is 10.1. The van der Waals surface area contributed by atoms with Gasteiger partial charge in [0.2, 0.25) is 11.8 Å². The van der Waals surface area contributed by atoms with Gasteiger partial charge in [-0.25, -0.2) is 0 Å². The third-order valence-corrected chi connectivity index (χ3v) is 4.54. The van der Waals surface area contributed by atoms with Crippen LogP contribution in [-0.2, 0) is 16.1 Å². The van der Waals surface area contributed by atoms with Gasteiger partial charge >= 0.3 is 0 Å². The van der Waals surface area contributed by atoms with Gasteiger partial charge < -0.3 is 10.2 Å². The first-order valence-electron chi connectivity index (χ1n) is 7.61. The van der Waals surface area contributed by atoms with Crippen molar-refractivity contribution < 1.29 is 9.59 Å². The first-order chi connectivity index (χ1) is 11.5. The average Bonchev–Trinajstić information content (AvgIpc) is 2.95. The van der Waals surface area contributed by atoms with E-state index in [0.29, 0.717) is 28.8 Å². The van der Waals surface area contributed by atoms with Gasteiger partial charge in [-0.3, -0.25) is 9.59 Å². The van der Waals surface area contributed by atoms with Gasteiger partial charge in [-0.05, 0) is 23.8 Å². The molecule has 2 aromatic carbocycles. The Hall–Kier alpha value is -2.04. The van der Waals surface area contributed by atoms with Crippen LogP contribution < -0.4 is 10.2 Å². The molecule has 0 bridgehead atoms. The molecule has 1 unspecified atom stereocenters. The Bertz CT molecular complexity index is 765. The highest BCUT2D eigenvalue weighted by Crippen LogP contribution is 2.33. The molecule has 0 saturated carbocycles. The van der Waals surface area contributed by atoms with E-state index in [-0.39, 0.29) is 24.2 Å². The molecule has 24 heavy (non-hydrogen) atoms. The Morgan fingerprint density at radius 1 is 1.17 bits per heavy atom. The van der Waals surface area contributed by atoms with Crippen molar-refractivity contribution in [2.45, 2.75) is 13.0 Å². The van der Waals surface area contributed by atoms with E-state index in [0.717, 1.165) is 5.56 Å². The van der Waals surface area contributed by atoms with Crippen LogP contribution in [0.1, 0.15) is 12.0 Å². The Morgan fingerprint density at radius 2 is 1.92 bits per heavy atom. The number of carbonyl (C=O) groups excluding carboxylic acids is 2. The maximum atomic E-state index is 12.3. The molecule has 0 radical (unpaired) electrons. The second-order valence-corrected chi connectivity index (χ2v) is 6.55. The van der Waals surface area contributed by atoms with E-state index >= 15 is 0 Å². The van der Waals surface area contributed by atoms with Gasteiger partial charge in [-0.15, -0.1) is 0 Å². The van der Waals surface area contributed by atoms with Crippen LogP contribution in [0.15, 0.2) is 48.5 Å². The van der Waals surface area contributed by atoms with E-state index in [2.05, 4.69) is 5.32 Å². The molecule has 1 N–H and O–H groups in total. The molecule has 2 aromatic rings. The standard InChI is InChI=1S/C18H16Cl2N2O2/c19-14-6-7-16(15(20)9-14)22-11-13(8-17(22)23)18(24)21-10-12-4-2-1-3-5-12/h1-7,9,13H,8,10-11H2,(H,21,24). The smallest absolute Gasteiger partial charge is 0.227 e. The second kappa shape index (κ2) is 7.24. The van der Waals surface area contributed by atoms with Crippen molar-refractivity contribution in [3.05, 3.63) is 64.1 Å². The summed E-state index contributed by atoms with van der Waals surface area (Å²) in [6.07, 6.45) is 0.180. The number of rotatable bonds is 4. The Balaban J connectivity index is 1.64. The summed E-state index contributed by atoms with van der Waals surface area (Å²) >= 11 is 12.1. The molecule has 2 amide bonds. The summed E-state index contributed by atoms with van der Waals surface area (Å²) in [5, 5.41) is 3.80. The number of nitrogens with one attached hydrogen (secondary N) is 1. The number of hydrogen-bond donors (Lipinski definition) is 1. The van der Waals surface area contributed by atoms with Gasteiger partial charge in [0.25, 0.3) is 0 Å². The van der Waals surface area contributed by atoms with Crippen molar-refractivity contribution in [1.82, 2.24) is 5.32 Å². The number of amides is 2. The van der Waals surface area contributed by atoms with Gasteiger partial charge in [-0.1, -0.05) is 53.5 Å². The number of halogens is 2. The fourth-order valence-corrected chi connectivity index (χ4v) is 3.26. The van der Waals surface area contributed by atoms with Crippen molar-refractivity contribution in [3.63, 3.8) is 0 Å². The zero-order valence-electron chi connectivity index (χ0n) is 12.8. The van der Waals surface area contributed by atoms with Crippen LogP contribution in [0.25, 0.3) is 0 Å². The van der Waals surface area contributed by atoms with Crippen molar-refractivity contribution in [2.24, 2.45) is 5.92 Å². The summed E-state index contributed by atoms with van der Waals surface area (Å²) in [6, 6.07) is 14.6. The van der Waals surface area contributed by atoms with E-state index in [1.165, 1.54) is 0 Å². The Morgan fingerprint density at radius 3 is 2.62 bits per heavy atom. The topological polar surface area (TPSA) is 49.4 Å². The third kappa shape index (κ3) is 3.71. The van der Waals surface area contributed by atoms with Gasteiger partial charge in [0, 0.05) is 24.5 Å². The summed E-state index contributed by atoms with van der Waals surface area (Å²) < 4.78 is 0. The van der Waals surface area contributed by atoms with Crippen LogP contribution in [0.5, 0.6) is 0 Å². The number of nitrogens with zero attached hydrogens (tertiary/aromatic N) is 1. The molecule has 4 nitrogen and oxygen atoms in total. The highest BCUT2D eigenvalue weighted by Gasteiger charge is 2.35. The van der Waals surface area contributed by atoms with Gasteiger partial charge in [0.15, 0.2) is 0 Å². The van der Waals surface area contributed by atoms with E-state index in [9.17, 15) is 9.59 Å². The van der Waals surface area contributed by atoms with Gasteiger partial charge in [0.05, 0.1) is 16.6 Å². The molecular weight excluding hydrogens is 347 g/mol. The minimum Gasteiger partial charge on any atom is -0.352 e. The Labute approximate surface area is 150 Å². The van der Waals surface area contributed by atoms with Crippen LogP contribution in [0, 0.1) is 5.92 Å². The fraction of sp³-hybridized carbons (Fsp3) is 0.222. The molecule has 1 fully saturated rings. The lowest BCUT2D eigenvalue weighted by Crippen LogP contribution is -2.32. The van der Waals surface area contributed by atoms with Gasteiger partial charge in [-0.2, -0.15) is 0 Å². The highest BCUT2D eigenvalue weighted by molar-refractivity contribution is 6.36. The van der Waals surface area contributed by atoms with Crippen LogP contribution in [0.4, 0.5) is 5.69 Å². The maximum Gasteiger partial charge on any atom is 0.227 e. The summed E-state index contributed by atoms with van der Waals surface area (Å²) in [5.41, 5.74) is 1.61. The van der Waals surface area contributed by atoms with Crippen molar-refractivity contribution in [2.75, 3.05) is 11.4 Å². The monoisotopic (exact) mass is 362 g/mol.